The monoisotopic (exact) mass is 543 g/mol. The van der Waals surface area contributed by atoms with Crippen molar-refractivity contribution in [1.29, 1.82) is 0 Å². The highest BCUT2D eigenvalue weighted by Gasteiger charge is 2.28. The predicted molar refractivity (Wildman–Crippen MR) is 144 cm³/mol. The van der Waals surface area contributed by atoms with Gasteiger partial charge in [0.15, 0.2) is 0 Å². The maximum Gasteiger partial charge on any atom is 0.326 e. The molecule has 13 heteroatoms. The van der Waals surface area contributed by atoms with Crippen molar-refractivity contribution in [3.8, 4) is 0 Å². The lowest BCUT2D eigenvalue weighted by atomic mass is 10.0. The SMILES string of the molecule is CSCCC(NC(=O)C(N)Cc1c[nH]c2ccccc12)C(=O)NC(C)C(=O)NC(Cc1cnc[nH]1)C(=O)O. The Morgan fingerprint density at radius 3 is 2.45 bits per heavy atom. The van der Waals surface area contributed by atoms with Gasteiger partial charge in [-0.2, -0.15) is 11.8 Å². The van der Waals surface area contributed by atoms with Gasteiger partial charge >= 0.3 is 5.97 Å². The summed E-state index contributed by atoms with van der Waals surface area (Å²) < 4.78 is 0. The number of para-hydroxylation sites is 1. The number of nitrogens with two attached hydrogens (primary N) is 1. The molecule has 2 heterocycles. The molecule has 0 saturated heterocycles. The summed E-state index contributed by atoms with van der Waals surface area (Å²) in [5, 5.41) is 18.1. The Balaban J connectivity index is 1.58. The molecule has 4 unspecified atom stereocenters. The first-order valence-electron chi connectivity index (χ1n) is 12.1. The number of rotatable bonds is 14. The van der Waals surface area contributed by atoms with Crippen molar-refractivity contribution in [3.63, 3.8) is 0 Å². The number of imidazole rings is 1. The van der Waals surface area contributed by atoms with Crippen LogP contribution in [-0.4, -0.2) is 79.9 Å². The molecule has 0 aliphatic heterocycles. The summed E-state index contributed by atoms with van der Waals surface area (Å²) in [4.78, 5) is 59.9. The van der Waals surface area contributed by atoms with E-state index in [-0.39, 0.29) is 12.8 Å². The van der Waals surface area contributed by atoms with Gasteiger partial charge in [0.25, 0.3) is 0 Å². The molecule has 1 aromatic carbocycles. The van der Waals surface area contributed by atoms with Crippen LogP contribution in [0.1, 0.15) is 24.6 Å². The zero-order valence-electron chi connectivity index (χ0n) is 21.2. The van der Waals surface area contributed by atoms with Gasteiger partial charge in [-0.1, -0.05) is 18.2 Å². The van der Waals surface area contributed by atoms with Gasteiger partial charge in [-0.15, -0.1) is 0 Å². The highest BCUT2D eigenvalue weighted by molar-refractivity contribution is 7.98. The summed E-state index contributed by atoms with van der Waals surface area (Å²) >= 11 is 1.51. The van der Waals surface area contributed by atoms with Gasteiger partial charge in [0, 0.05) is 35.4 Å². The second-order valence-electron chi connectivity index (χ2n) is 8.92. The number of amides is 3. The lowest BCUT2D eigenvalue weighted by molar-refractivity contribution is -0.142. The van der Waals surface area contributed by atoms with Gasteiger partial charge in [0.2, 0.25) is 17.7 Å². The maximum absolute atomic E-state index is 13.0. The molecule has 0 spiro atoms. The van der Waals surface area contributed by atoms with Gasteiger partial charge in [0.1, 0.15) is 18.1 Å². The average Bonchev–Trinajstić information content (AvgIpc) is 3.55. The quantitative estimate of drug-likeness (QED) is 0.151. The van der Waals surface area contributed by atoms with Crippen LogP contribution in [-0.2, 0) is 32.0 Å². The Morgan fingerprint density at radius 1 is 1.03 bits per heavy atom. The number of fused-ring (bicyclic) bond motifs is 1. The first-order valence-corrected chi connectivity index (χ1v) is 13.5. The highest BCUT2D eigenvalue weighted by Crippen LogP contribution is 2.18. The first kappa shape index (κ1) is 28.7. The molecule has 3 amide bonds. The van der Waals surface area contributed by atoms with Gasteiger partial charge in [-0.05, 0) is 43.4 Å². The lowest BCUT2D eigenvalue weighted by Crippen LogP contribution is -2.56. The predicted octanol–water partition coefficient (Wildman–Crippen LogP) is 0.316. The minimum Gasteiger partial charge on any atom is -0.480 e. The molecule has 8 N–H and O–H groups in total. The van der Waals surface area contributed by atoms with Crippen molar-refractivity contribution in [2.24, 2.45) is 5.73 Å². The minimum absolute atomic E-state index is 0.00244. The van der Waals surface area contributed by atoms with Crippen LogP contribution >= 0.6 is 11.8 Å². The molecular formula is C25H33N7O5S. The van der Waals surface area contributed by atoms with E-state index in [1.807, 2.05) is 36.7 Å². The summed E-state index contributed by atoms with van der Waals surface area (Å²) in [6.45, 7) is 1.44. The van der Waals surface area contributed by atoms with Crippen LogP contribution < -0.4 is 21.7 Å². The zero-order valence-corrected chi connectivity index (χ0v) is 22.0. The number of carbonyl (C=O) groups is 4. The molecule has 0 saturated carbocycles. The third kappa shape index (κ3) is 7.83. The van der Waals surface area contributed by atoms with E-state index in [0.29, 0.717) is 17.9 Å². The Labute approximate surface area is 223 Å². The number of aromatic nitrogens is 3. The van der Waals surface area contributed by atoms with Crippen LogP contribution in [0.5, 0.6) is 0 Å². The molecule has 0 aliphatic rings. The van der Waals surface area contributed by atoms with Crippen molar-refractivity contribution in [1.82, 2.24) is 30.9 Å². The fourth-order valence-electron chi connectivity index (χ4n) is 3.91. The molecule has 3 rings (SSSR count). The summed E-state index contributed by atoms with van der Waals surface area (Å²) in [5.74, 6) is -2.35. The molecule has 0 radical (unpaired) electrons. The number of benzene rings is 1. The summed E-state index contributed by atoms with van der Waals surface area (Å²) in [5.41, 5.74) is 8.54. The van der Waals surface area contributed by atoms with Crippen LogP contribution in [0.25, 0.3) is 10.9 Å². The largest absolute Gasteiger partial charge is 0.480 e. The van der Waals surface area contributed by atoms with Crippen molar-refractivity contribution in [3.05, 3.63) is 54.2 Å². The summed E-state index contributed by atoms with van der Waals surface area (Å²) in [7, 11) is 0. The fourth-order valence-corrected chi connectivity index (χ4v) is 4.38. The molecule has 4 atom stereocenters. The third-order valence-corrected chi connectivity index (χ3v) is 6.68. The molecule has 3 aromatic rings. The van der Waals surface area contributed by atoms with Gasteiger partial charge < -0.3 is 36.8 Å². The standard InChI is InChI=1S/C25H33N7O5S/c1-14(22(33)32-21(25(36)37)10-16-12-27-13-29-16)30-24(35)20(7-8-38-2)31-23(34)18(26)9-15-11-28-19-6-4-3-5-17(15)19/h3-6,11-14,18,20-21,28H,7-10,26H2,1-2H3,(H,27,29)(H,30,35)(H,31,34)(H,32,33)(H,36,37). The topological polar surface area (TPSA) is 195 Å². The van der Waals surface area contributed by atoms with Crippen LogP contribution in [0.15, 0.2) is 43.0 Å². The van der Waals surface area contributed by atoms with Crippen LogP contribution in [0.3, 0.4) is 0 Å². The summed E-state index contributed by atoms with van der Waals surface area (Å²) in [6.07, 6.45) is 7.17. The molecule has 0 fully saturated rings. The van der Waals surface area contributed by atoms with Crippen LogP contribution in [0.2, 0.25) is 0 Å². The molecule has 0 bridgehead atoms. The average molecular weight is 544 g/mol. The number of thioether (sulfide) groups is 1. The summed E-state index contributed by atoms with van der Waals surface area (Å²) in [6, 6.07) is 3.63. The van der Waals surface area contributed by atoms with Gasteiger partial charge in [0.05, 0.1) is 12.4 Å². The van der Waals surface area contributed by atoms with Crippen molar-refractivity contribution >= 4 is 46.4 Å². The van der Waals surface area contributed by atoms with E-state index in [2.05, 4.69) is 30.9 Å². The second kappa shape index (κ2) is 13.6. The van der Waals surface area contributed by atoms with Crippen molar-refractivity contribution in [2.75, 3.05) is 12.0 Å². The molecule has 2 aromatic heterocycles. The number of aromatic amines is 2. The third-order valence-electron chi connectivity index (χ3n) is 6.04. The number of nitrogens with one attached hydrogen (secondary N) is 5. The Bertz CT molecular complexity index is 1250. The van der Waals surface area contributed by atoms with E-state index in [0.717, 1.165) is 16.5 Å². The van der Waals surface area contributed by atoms with Crippen LogP contribution in [0, 0.1) is 0 Å². The van der Waals surface area contributed by atoms with E-state index in [1.54, 1.807) is 0 Å². The zero-order chi connectivity index (χ0) is 27.7. The highest BCUT2D eigenvalue weighted by atomic mass is 32.2. The lowest BCUT2D eigenvalue weighted by Gasteiger charge is -2.23. The van der Waals surface area contributed by atoms with Crippen LogP contribution in [0.4, 0.5) is 0 Å². The molecular weight excluding hydrogens is 510 g/mol. The molecule has 38 heavy (non-hydrogen) atoms. The molecule has 12 nitrogen and oxygen atoms in total. The number of hydrogen-bond acceptors (Lipinski definition) is 7. The normalized spacial score (nSPS) is 14.3. The van der Waals surface area contributed by atoms with E-state index < -0.39 is 47.9 Å². The number of carboxylic acids is 1. The Kier molecular flexibility index (Phi) is 10.3. The Morgan fingerprint density at radius 2 is 1.76 bits per heavy atom. The van der Waals surface area contributed by atoms with Gasteiger partial charge in [-0.3, -0.25) is 14.4 Å². The van der Waals surface area contributed by atoms with E-state index in [9.17, 15) is 24.3 Å². The van der Waals surface area contributed by atoms with Crippen molar-refractivity contribution < 1.29 is 24.3 Å². The van der Waals surface area contributed by atoms with Gasteiger partial charge in [-0.25, -0.2) is 9.78 Å². The second-order valence-corrected chi connectivity index (χ2v) is 9.91. The minimum atomic E-state index is -1.22. The number of aliphatic carboxylic acids is 1. The fraction of sp³-hybridized carbons (Fsp3) is 0.400. The number of hydrogen-bond donors (Lipinski definition) is 7. The number of H-pyrrole nitrogens is 2. The Hall–Kier alpha value is -3.84. The number of nitrogens with zero attached hydrogens (tertiary/aromatic N) is 1. The van der Waals surface area contributed by atoms with E-state index in [4.69, 9.17) is 5.73 Å². The van der Waals surface area contributed by atoms with E-state index in [1.165, 1.54) is 31.2 Å². The molecule has 0 aliphatic carbocycles. The smallest absolute Gasteiger partial charge is 0.326 e. The number of carboxylic acid groups (broad SMARTS) is 1. The first-order chi connectivity index (χ1) is 18.2. The molecule has 204 valence electrons. The van der Waals surface area contributed by atoms with Crippen molar-refractivity contribution in [2.45, 2.75) is 50.4 Å². The number of carbonyl (C=O) groups excluding carboxylic acids is 3. The van der Waals surface area contributed by atoms with E-state index >= 15 is 0 Å². The maximum atomic E-state index is 13.0.